The van der Waals surface area contributed by atoms with Gasteiger partial charge in [-0.25, -0.2) is 4.68 Å². The third kappa shape index (κ3) is 3.92. The maximum atomic E-state index is 11.7. The van der Waals surface area contributed by atoms with Crippen LogP contribution in [0.25, 0.3) is 0 Å². The van der Waals surface area contributed by atoms with Gasteiger partial charge in [-0.05, 0) is 18.6 Å². The number of nitrogens with zero attached hydrogens (tertiary/aromatic N) is 3. The summed E-state index contributed by atoms with van der Waals surface area (Å²) in [5.74, 6) is 0.560. The third-order valence-corrected chi connectivity index (χ3v) is 2.88. The normalized spacial score (nSPS) is 12.3. The van der Waals surface area contributed by atoms with Crippen LogP contribution in [0, 0.1) is 0 Å². The van der Waals surface area contributed by atoms with Crippen molar-refractivity contribution >= 4 is 5.91 Å². The van der Waals surface area contributed by atoms with Gasteiger partial charge in [0.15, 0.2) is 0 Å². The van der Waals surface area contributed by atoms with Gasteiger partial charge < -0.3 is 15.5 Å². The minimum Gasteiger partial charge on any atom is -0.467 e. The second-order valence-corrected chi connectivity index (χ2v) is 4.59. The second kappa shape index (κ2) is 6.85. The van der Waals surface area contributed by atoms with E-state index in [-0.39, 0.29) is 18.5 Å². The molecule has 0 aromatic carbocycles. The Kier molecular flexibility index (Phi) is 4.89. The summed E-state index contributed by atoms with van der Waals surface area (Å²) in [6.07, 6.45) is 5.12. The van der Waals surface area contributed by atoms with Gasteiger partial charge in [-0.3, -0.25) is 4.79 Å². The number of rotatable bonds is 7. The van der Waals surface area contributed by atoms with Gasteiger partial charge in [-0.15, -0.1) is 5.10 Å². The Morgan fingerprint density at radius 3 is 3.15 bits per heavy atom. The molecule has 0 fully saturated rings. The van der Waals surface area contributed by atoms with Gasteiger partial charge in [0.2, 0.25) is 5.91 Å². The van der Waals surface area contributed by atoms with Crippen molar-refractivity contribution in [2.75, 3.05) is 0 Å². The van der Waals surface area contributed by atoms with E-state index in [0.29, 0.717) is 18.0 Å². The number of carbonyl (C=O) groups excluding carboxylic acids is 1. The predicted octanol–water partition coefficient (Wildman–Crippen LogP) is 0.987. The highest BCUT2D eigenvalue weighted by atomic mass is 16.3. The average molecular weight is 277 g/mol. The Bertz CT molecular complexity index is 535. The molecule has 0 radical (unpaired) electrons. The summed E-state index contributed by atoms with van der Waals surface area (Å²) in [6.45, 7) is 2.54. The van der Waals surface area contributed by atoms with Crippen molar-refractivity contribution in [3.05, 3.63) is 36.0 Å². The van der Waals surface area contributed by atoms with Gasteiger partial charge in [0, 0.05) is 0 Å². The van der Waals surface area contributed by atoms with Gasteiger partial charge in [0.05, 0.1) is 30.7 Å². The van der Waals surface area contributed by atoms with Crippen LogP contribution in [0.3, 0.4) is 0 Å². The summed E-state index contributed by atoms with van der Waals surface area (Å²) in [7, 11) is 0. The van der Waals surface area contributed by atoms with Crippen molar-refractivity contribution in [3.63, 3.8) is 0 Å². The van der Waals surface area contributed by atoms with Gasteiger partial charge >= 0.3 is 0 Å². The van der Waals surface area contributed by atoms with Crippen LogP contribution in [0.5, 0.6) is 0 Å². The number of furan rings is 1. The molecule has 2 aromatic heterocycles. The lowest BCUT2D eigenvalue weighted by Crippen LogP contribution is -2.27. The van der Waals surface area contributed by atoms with E-state index in [9.17, 15) is 4.79 Å². The molecular weight excluding hydrogens is 258 g/mol. The molecule has 1 unspecified atom stereocenters. The van der Waals surface area contributed by atoms with Crippen LogP contribution in [0.4, 0.5) is 0 Å². The molecule has 108 valence electrons. The molecule has 3 N–H and O–H groups in total. The van der Waals surface area contributed by atoms with Gasteiger partial charge in [-0.2, -0.15) is 0 Å². The Hall–Kier alpha value is -2.15. The monoisotopic (exact) mass is 277 g/mol. The van der Waals surface area contributed by atoms with Crippen molar-refractivity contribution in [1.29, 1.82) is 0 Å². The highest BCUT2D eigenvalue weighted by molar-refractivity contribution is 5.75. The molecule has 2 heterocycles. The van der Waals surface area contributed by atoms with E-state index in [2.05, 4.69) is 22.6 Å². The summed E-state index contributed by atoms with van der Waals surface area (Å²) >= 11 is 0. The number of nitrogens with two attached hydrogens (primary N) is 1. The zero-order chi connectivity index (χ0) is 14.4. The fourth-order valence-electron chi connectivity index (χ4n) is 1.82. The molecule has 2 aromatic rings. The molecule has 7 nitrogen and oxygen atoms in total. The fourth-order valence-corrected chi connectivity index (χ4v) is 1.82. The molecule has 2 rings (SSSR count). The van der Waals surface area contributed by atoms with Gasteiger partial charge in [-0.1, -0.05) is 18.6 Å². The minimum atomic E-state index is -0.151. The molecule has 0 spiro atoms. The van der Waals surface area contributed by atoms with E-state index in [1.165, 1.54) is 4.68 Å². The fraction of sp³-hybridized carbons (Fsp3) is 0.462. The topological polar surface area (TPSA) is 99.0 Å². The molecule has 20 heavy (non-hydrogen) atoms. The quantitative estimate of drug-likeness (QED) is 0.786. The zero-order valence-electron chi connectivity index (χ0n) is 11.5. The van der Waals surface area contributed by atoms with Crippen molar-refractivity contribution in [1.82, 2.24) is 20.3 Å². The van der Waals surface area contributed by atoms with Crippen molar-refractivity contribution < 1.29 is 9.21 Å². The number of carbonyl (C=O) groups is 1. The highest BCUT2D eigenvalue weighted by Crippen LogP contribution is 2.11. The number of aromatic nitrogens is 3. The summed E-state index contributed by atoms with van der Waals surface area (Å²) in [6, 6.07) is 3.46. The van der Waals surface area contributed by atoms with Crippen molar-refractivity contribution in [2.45, 2.75) is 38.9 Å². The van der Waals surface area contributed by atoms with E-state index in [4.69, 9.17) is 10.2 Å². The maximum absolute atomic E-state index is 11.7. The SMILES string of the molecule is CCCC(N)c1cn(CC(=O)NCc2ccco2)nn1. The first-order chi connectivity index (χ1) is 9.69. The van der Waals surface area contributed by atoms with Gasteiger partial charge in [0.1, 0.15) is 12.3 Å². The van der Waals surface area contributed by atoms with Crippen LogP contribution in [0.2, 0.25) is 0 Å². The molecule has 0 bridgehead atoms. The smallest absolute Gasteiger partial charge is 0.242 e. The molecule has 7 heteroatoms. The first kappa shape index (κ1) is 14.3. The van der Waals surface area contributed by atoms with Crippen LogP contribution in [0.1, 0.15) is 37.3 Å². The van der Waals surface area contributed by atoms with Crippen LogP contribution in [-0.2, 0) is 17.9 Å². The van der Waals surface area contributed by atoms with Crippen LogP contribution >= 0.6 is 0 Å². The van der Waals surface area contributed by atoms with Crippen LogP contribution < -0.4 is 11.1 Å². The van der Waals surface area contributed by atoms with E-state index >= 15 is 0 Å². The van der Waals surface area contributed by atoms with E-state index < -0.39 is 0 Å². The standard InChI is InChI=1S/C13H19N5O2/c1-2-4-11(14)12-8-18(17-16-12)9-13(19)15-7-10-5-3-6-20-10/h3,5-6,8,11H,2,4,7,9,14H2,1H3,(H,15,19). The van der Waals surface area contributed by atoms with Crippen LogP contribution in [-0.4, -0.2) is 20.9 Å². The zero-order valence-corrected chi connectivity index (χ0v) is 11.5. The highest BCUT2D eigenvalue weighted by Gasteiger charge is 2.11. The molecule has 1 amide bonds. The first-order valence-corrected chi connectivity index (χ1v) is 6.63. The molecular formula is C13H19N5O2. The van der Waals surface area contributed by atoms with Crippen LogP contribution in [0.15, 0.2) is 29.0 Å². The molecule has 1 atom stereocenters. The lowest BCUT2D eigenvalue weighted by atomic mass is 10.1. The molecule has 0 saturated heterocycles. The number of nitrogens with one attached hydrogen (secondary N) is 1. The molecule has 0 aliphatic heterocycles. The summed E-state index contributed by atoms with van der Waals surface area (Å²) in [5.41, 5.74) is 6.66. The van der Waals surface area contributed by atoms with Crippen molar-refractivity contribution in [2.24, 2.45) is 5.73 Å². The lowest BCUT2D eigenvalue weighted by molar-refractivity contribution is -0.122. The second-order valence-electron chi connectivity index (χ2n) is 4.59. The predicted molar refractivity (Wildman–Crippen MR) is 72.4 cm³/mol. The summed E-state index contributed by atoms with van der Waals surface area (Å²) < 4.78 is 6.62. The maximum Gasteiger partial charge on any atom is 0.242 e. The van der Waals surface area contributed by atoms with Crippen molar-refractivity contribution in [3.8, 4) is 0 Å². The Balaban J connectivity index is 1.82. The van der Waals surface area contributed by atoms with E-state index in [1.807, 2.05) is 0 Å². The molecule has 0 aliphatic rings. The molecule has 0 saturated carbocycles. The first-order valence-electron chi connectivity index (χ1n) is 6.63. The Labute approximate surface area is 117 Å². The molecule has 0 aliphatic carbocycles. The van der Waals surface area contributed by atoms with E-state index in [1.54, 1.807) is 24.6 Å². The lowest BCUT2D eigenvalue weighted by Gasteiger charge is -2.05. The summed E-state index contributed by atoms with van der Waals surface area (Å²) in [5, 5.41) is 10.6. The minimum absolute atomic E-state index is 0.118. The number of amides is 1. The van der Waals surface area contributed by atoms with Gasteiger partial charge in [0.25, 0.3) is 0 Å². The largest absolute Gasteiger partial charge is 0.467 e. The summed E-state index contributed by atoms with van der Waals surface area (Å²) in [4.78, 5) is 11.7. The Morgan fingerprint density at radius 1 is 1.60 bits per heavy atom. The number of hydrogen-bond acceptors (Lipinski definition) is 5. The average Bonchev–Trinajstić information content (AvgIpc) is 3.07. The third-order valence-electron chi connectivity index (χ3n) is 2.88. The number of hydrogen-bond donors (Lipinski definition) is 2. The Morgan fingerprint density at radius 2 is 2.45 bits per heavy atom. The van der Waals surface area contributed by atoms with E-state index in [0.717, 1.165) is 12.8 Å².